The molecule has 4 nitrogen and oxygen atoms in total. The molecule has 1 aliphatic rings. The van der Waals surface area contributed by atoms with Crippen LogP contribution < -0.4 is 4.90 Å². The minimum absolute atomic E-state index is 0.214. The molecule has 3 aromatic rings. The molecule has 4 rings (SSSR count). The Kier molecular flexibility index (Phi) is 5.30. The fraction of sp³-hybridized carbons (Fsp3) is 0.364. The average Bonchev–Trinajstić information content (AvgIpc) is 3.07. The summed E-state index contributed by atoms with van der Waals surface area (Å²) in [6.07, 6.45) is 0.484. The molecule has 0 radical (unpaired) electrons. The van der Waals surface area contributed by atoms with Gasteiger partial charge in [0.1, 0.15) is 0 Å². The Bertz CT molecular complexity index is 1010. The van der Waals surface area contributed by atoms with Gasteiger partial charge in [-0.05, 0) is 55.7 Å². The van der Waals surface area contributed by atoms with Gasteiger partial charge in [-0.1, -0.05) is 40.6 Å². The summed E-state index contributed by atoms with van der Waals surface area (Å²) in [5.41, 5.74) is 5.81. The zero-order valence-electron chi connectivity index (χ0n) is 16.5. The van der Waals surface area contributed by atoms with Gasteiger partial charge < -0.3 is 9.80 Å². The summed E-state index contributed by atoms with van der Waals surface area (Å²) in [6.45, 7) is 9.38. The van der Waals surface area contributed by atoms with Crippen LogP contribution in [-0.2, 0) is 11.2 Å². The van der Waals surface area contributed by atoms with Crippen LogP contribution in [0.4, 0.5) is 5.13 Å². The van der Waals surface area contributed by atoms with E-state index in [-0.39, 0.29) is 5.91 Å². The van der Waals surface area contributed by atoms with Gasteiger partial charge in [-0.15, -0.1) is 0 Å². The molecule has 1 aromatic heterocycles. The first kappa shape index (κ1) is 19.2. The number of nitrogens with zero attached hydrogens (tertiary/aromatic N) is 3. The highest BCUT2D eigenvalue weighted by atomic mass is 35.5. The van der Waals surface area contributed by atoms with Crippen LogP contribution in [0.25, 0.3) is 10.2 Å². The highest BCUT2D eigenvalue weighted by Crippen LogP contribution is 2.31. The summed E-state index contributed by atoms with van der Waals surface area (Å²) in [6, 6.07) is 10.1. The minimum Gasteiger partial charge on any atom is -0.345 e. The van der Waals surface area contributed by atoms with Crippen molar-refractivity contribution < 1.29 is 4.79 Å². The lowest BCUT2D eigenvalue weighted by molar-refractivity contribution is -0.130. The van der Waals surface area contributed by atoms with E-state index in [2.05, 4.69) is 37.8 Å². The van der Waals surface area contributed by atoms with Crippen LogP contribution in [-0.4, -0.2) is 42.0 Å². The Balaban J connectivity index is 1.41. The zero-order chi connectivity index (χ0) is 19.8. The van der Waals surface area contributed by atoms with Gasteiger partial charge >= 0.3 is 0 Å². The summed E-state index contributed by atoms with van der Waals surface area (Å²) in [4.78, 5) is 21.8. The standard InChI is InChI=1S/C22H24ClN3OS/c1-14-10-15(2)18(16(3)11-14)13-21(27)25-6-8-26(9-7-25)22-24-19-5-4-17(23)12-20(19)28-22/h4-5,10-12H,6-9,13H2,1-3H3. The molecule has 146 valence electrons. The number of aromatic nitrogens is 1. The predicted molar refractivity (Wildman–Crippen MR) is 118 cm³/mol. The second-order valence-corrected chi connectivity index (χ2v) is 8.98. The summed E-state index contributed by atoms with van der Waals surface area (Å²) >= 11 is 7.75. The number of carbonyl (C=O) groups excluding carboxylic acids is 1. The van der Waals surface area contributed by atoms with E-state index in [4.69, 9.17) is 16.6 Å². The normalized spacial score (nSPS) is 14.7. The van der Waals surface area contributed by atoms with Crippen LogP contribution in [0.2, 0.25) is 5.02 Å². The van der Waals surface area contributed by atoms with Crippen molar-refractivity contribution in [2.75, 3.05) is 31.1 Å². The number of carbonyl (C=O) groups is 1. The Morgan fingerprint density at radius 3 is 2.43 bits per heavy atom. The van der Waals surface area contributed by atoms with Gasteiger partial charge in [0.05, 0.1) is 16.6 Å². The van der Waals surface area contributed by atoms with E-state index in [0.717, 1.165) is 46.5 Å². The molecule has 1 fully saturated rings. The number of benzene rings is 2. The van der Waals surface area contributed by atoms with Crippen LogP contribution in [0.5, 0.6) is 0 Å². The van der Waals surface area contributed by atoms with Gasteiger partial charge in [0.15, 0.2) is 5.13 Å². The predicted octanol–water partition coefficient (Wildman–Crippen LogP) is 4.77. The quantitative estimate of drug-likeness (QED) is 0.620. The Morgan fingerprint density at radius 2 is 1.75 bits per heavy atom. The molecule has 0 saturated carbocycles. The van der Waals surface area contributed by atoms with Crippen molar-refractivity contribution >= 4 is 44.2 Å². The maximum Gasteiger partial charge on any atom is 0.227 e. The summed E-state index contributed by atoms with van der Waals surface area (Å²) in [7, 11) is 0. The molecule has 0 spiro atoms. The number of aryl methyl sites for hydroxylation is 3. The van der Waals surface area contributed by atoms with Crippen molar-refractivity contribution in [2.24, 2.45) is 0 Å². The number of amides is 1. The number of anilines is 1. The van der Waals surface area contributed by atoms with Crippen LogP contribution in [0.3, 0.4) is 0 Å². The van der Waals surface area contributed by atoms with Crippen LogP contribution in [0.15, 0.2) is 30.3 Å². The Labute approximate surface area is 174 Å². The lowest BCUT2D eigenvalue weighted by Gasteiger charge is -2.34. The molecule has 2 heterocycles. The summed E-state index contributed by atoms with van der Waals surface area (Å²) in [5.74, 6) is 0.214. The van der Waals surface area contributed by atoms with Crippen molar-refractivity contribution in [1.29, 1.82) is 0 Å². The first-order valence-electron chi connectivity index (χ1n) is 9.56. The number of fused-ring (bicyclic) bond motifs is 1. The SMILES string of the molecule is Cc1cc(C)c(CC(=O)N2CCN(c3nc4ccc(Cl)cc4s3)CC2)c(C)c1. The highest BCUT2D eigenvalue weighted by Gasteiger charge is 2.24. The lowest BCUT2D eigenvalue weighted by atomic mass is 9.97. The molecule has 0 atom stereocenters. The maximum absolute atomic E-state index is 12.9. The molecule has 0 aliphatic carbocycles. The number of halogens is 1. The van der Waals surface area contributed by atoms with E-state index in [1.807, 2.05) is 23.1 Å². The molecule has 1 saturated heterocycles. The zero-order valence-corrected chi connectivity index (χ0v) is 18.0. The molecule has 1 aliphatic heterocycles. The van der Waals surface area contributed by atoms with Crippen molar-refractivity contribution in [1.82, 2.24) is 9.88 Å². The summed E-state index contributed by atoms with van der Waals surface area (Å²) in [5, 5.41) is 1.74. The smallest absolute Gasteiger partial charge is 0.227 e. The van der Waals surface area contributed by atoms with Gasteiger partial charge in [0.2, 0.25) is 5.91 Å². The van der Waals surface area contributed by atoms with Gasteiger partial charge in [-0.2, -0.15) is 0 Å². The molecule has 0 unspecified atom stereocenters. The van der Waals surface area contributed by atoms with Gasteiger partial charge in [0, 0.05) is 31.2 Å². The monoisotopic (exact) mass is 413 g/mol. The molecule has 1 amide bonds. The first-order valence-corrected chi connectivity index (χ1v) is 10.8. The fourth-order valence-corrected chi connectivity index (χ4v) is 5.21. The number of thiazole rings is 1. The second-order valence-electron chi connectivity index (χ2n) is 7.53. The van der Waals surface area contributed by atoms with E-state index in [1.165, 1.54) is 22.3 Å². The molecule has 0 bridgehead atoms. The molecule has 2 aromatic carbocycles. The van der Waals surface area contributed by atoms with E-state index in [9.17, 15) is 4.79 Å². The second kappa shape index (κ2) is 7.72. The third-order valence-electron chi connectivity index (χ3n) is 5.41. The topological polar surface area (TPSA) is 36.4 Å². The van der Waals surface area contributed by atoms with Gasteiger partial charge in [0.25, 0.3) is 0 Å². The highest BCUT2D eigenvalue weighted by molar-refractivity contribution is 7.22. The fourth-order valence-electron chi connectivity index (χ4n) is 3.92. The number of hydrogen-bond donors (Lipinski definition) is 0. The Morgan fingerprint density at radius 1 is 1.07 bits per heavy atom. The summed E-state index contributed by atoms with van der Waals surface area (Å²) < 4.78 is 1.10. The molecule has 28 heavy (non-hydrogen) atoms. The number of piperazine rings is 1. The van der Waals surface area contributed by atoms with E-state index in [1.54, 1.807) is 11.3 Å². The molecule has 6 heteroatoms. The van der Waals surface area contributed by atoms with Crippen LogP contribution in [0, 0.1) is 20.8 Å². The number of hydrogen-bond acceptors (Lipinski definition) is 4. The average molecular weight is 414 g/mol. The minimum atomic E-state index is 0.214. The van der Waals surface area contributed by atoms with Gasteiger partial charge in [-0.25, -0.2) is 4.98 Å². The number of rotatable bonds is 3. The maximum atomic E-state index is 12.9. The largest absolute Gasteiger partial charge is 0.345 e. The third kappa shape index (κ3) is 3.87. The van der Waals surface area contributed by atoms with Crippen LogP contribution >= 0.6 is 22.9 Å². The van der Waals surface area contributed by atoms with Crippen LogP contribution in [0.1, 0.15) is 22.3 Å². The molecule has 0 N–H and O–H groups in total. The first-order chi connectivity index (χ1) is 13.4. The van der Waals surface area contributed by atoms with E-state index >= 15 is 0 Å². The lowest BCUT2D eigenvalue weighted by Crippen LogP contribution is -2.49. The van der Waals surface area contributed by atoms with Crippen molar-refractivity contribution in [3.8, 4) is 0 Å². The molecular formula is C22H24ClN3OS. The van der Waals surface area contributed by atoms with Crippen molar-refractivity contribution in [2.45, 2.75) is 27.2 Å². The van der Waals surface area contributed by atoms with Crippen molar-refractivity contribution in [3.63, 3.8) is 0 Å². The Hall–Kier alpha value is -2.11. The van der Waals surface area contributed by atoms with E-state index < -0.39 is 0 Å². The molecular weight excluding hydrogens is 390 g/mol. The third-order valence-corrected chi connectivity index (χ3v) is 6.72. The van der Waals surface area contributed by atoms with Gasteiger partial charge in [-0.3, -0.25) is 4.79 Å². The van der Waals surface area contributed by atoms with E-state index in [0.29, 0.717) is 6.42 Å². The van der Waals surface area contributed by atoms with Crippen molar-refractivity contribution in [3.05, 3.63) is 57.6 Å².